The number of phenols is 1. The number of carbonyl (C=O) groups excluding carboxylic acids is 4. The minimum atomic E-state index is -0.468. The number of aromatic nitrogens is 2. The molecule has 0 unspecified atom stereocenters. The van der Waals surface area contributed by atoms with Crippen LogP contribution in [0.2, 0.25) is 0 Å². The predicted octanol–water partition coefficient (Wildman–Crippen LogP) is 11.5. The summed E-state index contributed by atoms with van der Waals surface area (Å²) in [5.74, 6) is 0.111. The van der Waals surface area contributed by atoms with Crippen LogP contribution in [0, 0.1) is 0 Å². The van der Waals surface area contributed by atoms with Crippen molar-refractivity contribution in [1.29, 1.82) is 0 Å². The van der Waals surface area contributed by atoms with E-state index < -0.39 is 24.1 Å². The van der Waals surface area contributed by atoms with Crippen molar-refractivity contribution in [3.63, 3.8) is 0 Å². The molecule has 0 saturated carbocycles. The normalized spacial score (nSPS) is 12.6. The van der Waals surface area contributed by atoms with Crippen molar-refractivity contribution >= 4 is 45.9 Å². The molecule has 16 heteroatoms. The van der Waals surface area contributed by atoms with Crippen LogP contribution in [0.1, 0.15) is 93.6 Å². The molecule has 3 heterocycles. The Hall–Kier alpha value is -8.86. The minimum Gasteiger partial charge on any atom is -0.508 e. The van der Waals surface area contributed by atoms with Gasteiger partial charge in [-0.25, -0.2) is 29.1 Å². The molecule has 414 valence electrons. The lowest BCUT2D eigenvalue weighted by molar-refractivity contribution is 0.0586. The molecule has 1 aliphatic heterocycles. The van der Waals surface area contributed by atoms with Crippen molar-refractivity contribution in [2.75, 3.05) is 67.0 Å². The van der Waals surface area contributed by atoms with E-state index >= 15 is 0 Å². The SMILES string of the molecule is C1CCOC1.COC(=O)c1ccc2cc(O)ccc2n1.COC(=O)c1ccc2cc(OCCCCNC(=O)OCC3c4ccccc4-c4ccccc43)ccc2n1.O=C(NCCCCO)OCC1c2ccccc2-c2ccccc21. The number of ether oxygens (including phenoxy) is 6. The Morgan fingerprint density at radius 1 is 0.537 bits per heavy atom. The molecule has 0 atom stereocenters. The summed E-state index contributed by atoms with van der Waals surface area (Å²) in [6.07, 6.45) is 4.73. The number of esters is 2. The maximum atomic E-state index is 12.3. The Morgan fingerprint density at radius 3 is 1.41 bits per heavy atom. The molecule has 1 saturated heterocycles. The fourth-order valence-corrected chi connectivity index (χ4v) is 9.59. The molecule has 4 N–H and O–H groups in total. The van der Waals surface area contributed by atoms with Gasteiger partial charge in [-0.2, -0.15) is 0 Å². The number of aliphatic hydroxyl groups is 1. The number of amides is 2. The van der Waals surface area contributed by atoms with Crippen molar-refractivity contribution in [3.05, 3.63) is 191 Å². The maximum absolute atomic E-state index is 12.3. The Kier molecular flexibility index (Phi) is 20.9. The molecular weight excluding hydrogens is 1020 g/mol. The van der Waals surface area contributed by atoms with Crippen LogP contribution in [0.15, 0.2) is 158 Å². The number of nitrogens with zero attached hydrogens (tertiary/aromatic N) is 2. The molecule has 0 spiro atoms. The van der Waals surface area contributed by atoms with Gasteiger partial charge < -0.3 is 49.3 Å². The van der Waals surface area contributed by atoms with Crippen LogP contribution in [-0.4, -0.2) is 111 Å². The number of alkyl carbamates (subject to hydrolysis) is 2. The second kappa shape index (κ2) is 29.2. The van der Waals surface area contributed by atoms with Gasteiger partial charge in [-0.05, 0) is 132 Å². The van der Waals surface area contributed by atoms with E-state index in [1.54, 1.807) is 30.3 Å². The molecule has 0 radical (unpaired) electrons. The summed E-state index contributed by atoms with van der Waals surface area (Å²) in [6.45, 7) is 4.34. The lowest BCUT2D eigenvalue weighted by Crippen LogP contribution is -2.27. The number of pyridine rings is 2. The number of unbranched alkanes of at least 4 members (excludes halogenated alkanes) is 2. The number of aliphatic hydroxyl groups excluding tert-OH is 1. The number of hydrogen-bond donors (Lipinski definition) is 4. The number of methoxy groups -OCH3 is 2. The zero-order valence-corrected chi connectivity index (χ0v) is 44.9. The third-order valence-corrected chi connectivity index (χ3v) is 13.6. The molecule has 11 rings (SSSR count). The summed E-state index contributed by atoms with van der Waals surface area (Å²) >= 11 is 0. The molecule has 2 amide bonds. The summed E-state index contributed by atoms with van der Waals surface area (Å²) < 4.78 is 31.0. The summed E-state index contributed by atoms with van der Waals surface area (Å²) in [5.41, 5.74) is 11.6. The Bertz CT molecular complexity index is 3280. The lowest BCUT2D eigenvalue weighted by atomic mass is 9.98. The number of carbonyl (C=O) groups is 4. The summed E-state index contributed by atoms with van der Waals surface area (Å²) in [6, 6.07) is 50.1. The van der Waals surface area contributed by atoms with Crippen molar-refractivity contribution in [2.24, 2.45) is 0 Å². The predicted molar refractivity (Wildman–Crippen MR) is 305 cm³/mol. The van der Waals surface area contributed by atoms with Gasteiger partial charge in [0.05, 0.1) is 31.9 Å². The average Bonchev–Trinajstić information content (AvgIpc) is 4.29. The van der Waals surface area contributed by atoms with Crippen LogP contribution in [0.5, 0.6) is 11.5 Å². The van der Waals surface area contributed by atoms with Crippen molar-refractivity contribution in [3.8, 4) is 33.8 Å². The van der Waals surface area contributed by atoms with Crippen molar-refractivity contribution in [1.82, 2.24) is 20.6 Å². The standard InChI is InChI=1S/C30H28N2O5.C19H21NO3.C11H9NO3.C4H8O/c1-35-29(33)28-14-12-20-18-21(13-15-27(20)32-28)36-17-7-6-16-31-30(34)37-19-26-24-10-4-2-8-22(24)23-9-3-5-11-25(23)26;21-12-6-5-11-20-19(22)23-13-18-16-9-3-1-7-14(16)15-8-2-4-10-17(15)18;1-15-11(14)10-4-2-7-6-8(13)3-5-9(7)12-10;1-2-4-5-3-1/h2-5,8-15,18,26H,6-7,16-17,19H2,1H3,(H,31,34);1-4,7-10,18,21H,5-6,11-13H2,(H,20,22);2-6,13H,1H3;1-4H2. The smallest absolute Gasteiger partial charge is 0.407 e. The van der Waals surface area contributed by atoms with Gasteiger partial charge in [0.25, 0.3) is 0 Å². The largest absolute Gasteiger partial charge is 0.508 e. The van der Waals surface area contributed by atoms with E-state index in [2.05, 4.69) is 73.9 Å². The second-order valence-electron chi connectivity index (χ2n) is 18.9. The molecule has 8 aromatic rings. The molecule has 3 aliphatic rings. The Balaban J connectivity index is 0.000000165. The zero-order valence-electron chi connectivity index (χ0n) is 44.9. The van der Waals surface area contributed by atoms with Crippen LogP contribution in [-0.2, 0) is 23.7 Å². The molecule has 80 heavy (non-hydrogen) atoms. The fourth-order valence-electron chi connectivity index (χ4n) is 9.59. The monoisotopic (exact) mass is 1080 g/mol. The lowest BCUT2D eigenvalue weighted by Gasteiger charge is -2.14. The number of rotatable bonds is 16. The van der Waals surface area contributed by atoms with E-state index in [0.717, 1.165) is 49.0 Å². The average molecular weight is 1080 g/mol. The van der Waals surface area contributed by atoms with Crippen LogP contribution in [0.25, 0.3) is 44.1 Å². The molecule has 6 aromatic carbocycles. The first kappa shape index (κ1) is 57.3. The molecule has 0 bridgehead atoms. The summed E-state index contributed by atoms with van der Waals surface area (Å²) in [4.78, 5) is 55.3. The van der Waals surface area contributed by atoms with Gasteiger partial charge in [0, 0.05) is 55.5 Å². The quantitative estimate of drug-likeness (QED) is 0.0403. The van der Waals surface area contributed by atoms with Gasteiger partial charge in [-0.15, -0.1) is 0 Å². The van der Waals surface area contributed by atoms with E-state index in [4.69, 9.17) is 28.8 Å². The minimum absolute atomic E-state index is 0.0516. The second-order valence-corrected chi connectivity index (χ2v) is 18.9. The molecule has 16 nitrogen and oxygen atoms in total. The van der Waals surface area contributed by atoms with E-state index in [0.29, 0.717) is 50.4 Å². The van der Waals surface area contributed by atoms with Crippen LogP contribution < -0.4 is 15.4 Å². The first-order valence-electron chi connectivity index (χ1n) is 26.8. The number of phenolic OH excluding ortho intramolecular Hbond substituents is 1. The highest BCUT2D eigenvalue weighted by molar-refractivity contribution is 5.92. The number of aromatic hydroxyl groups is 1. The number of benzene rings is 6. The highest BCUT2D eigenvalue weighted by Crippen LogP contribution is 2.45. The third-order valence-electron chi connectivity index (χ3n) is 13.6. The van der Waals surface area contributed by atoms with Crippen molar-refractivity contribution < 1.29 is 57.8 Å². The van der Waals surface area contributed by atoms with Gasteiger partial charge in [0.1, 0.15) is 36.1 Å². The highest BCUT2D eigenvalue weighted by Gasteiger charge is 2.30. The zero-order chi connectivity index (χ0) is 56.1. The summed E-state index contributed by atoms with van der Waals surface area (Å²) in [7, 11) is 2.64. The molecular formula is C64H66N4O12. The first-order valence-corrected chi connectivity index (χ1v) is 26.8. The Morgan fingerprint density at radius 2 is 0.975 bits per heavy atom. The van der Waals surface area contributed by atoms with Gasteiger partial charge in [0.2, 0.25) is 0 Å². The number of nitrogens with one attached hydrogen (secondary N) is 2. The van der Waals surface area contributed by atoms with Gasteiger partial charge in [0.15, 0.2) is 0 Å². The summed E-state index contributed by atoms with van der Waals surface area (Å²) in [5, 5.41) is 25.2. The van der Waals surface area contributed by atoms with Crippen molar-refractivity contribution in [2.45, 2.75) is 50.4 Å². The maximum Gasteiger partial charge on any atom is 0.407 e. The van der Waals surface area contributed by atoms with Crippen LogP contribution >= 0.6 is 0 Å². The first-order chi connectivity index (χ1) is 39.1. The number of hydrogen-bond acceptors (Lipinski definition) is 14. The molecule has 2 aromatic heterocycles. The van der Waals surface area contributed by atoms with Crippen LogP contribution in [0.4, 0.5) is 9.59 Å². The Labute approximate surface area is 465 Å². The van der Waals surface area contributed by atoms with E-state index in [1.165, 1.54) is 77.6 Å². The highest BCUT2D eigenvalue weighted by atomic mass is 16.6. The fraction of sp³-hybridized carbons (Fsp3) is 0.281. The van der Waals surface area contributed by atoms with Gasteiger partial charge in [-0.1, -0.05) is 109 Å². The van der Waals surface area contributed by atoms with E-state index in [1.807, 2.05) is 72.8 Å². The van der Waals surface area contributed by atoms with Crippen LogP contribution in [0.3, 0.4) is 0 Å². The molecule has 1 fully saturated rings. The van der Waals surface area contributed by atoms with Gasteiger partial charge >= 0.3 is 24.1 Å². The number of fused-ring (bicyclic) bond motifs is 8. The molecule has 2 aliphatic carbocycles. The van der Waals surface area contributed by atoms with E-state index in [9.17, 15) is 24.3 Å². The van der Waals surface area contributed by atoms with Gasteiger partial charge in [-0.3, -0.25) is 0 Å². The van der Waals surface area contributed by atoms with E-state index in [-0.39, 0.29) is 35.6 Å². The third kappa shape index (κ3) is 15.2. The topological polar surface area (TPSA) is 214 Å².